The number of anilines is 1. The molecular weight excluding hydrogens is 346 g/mol. The lowest BCUT2D eigenvalue weighted by atomic mass is 10.2. The molecule has 0 saturated carbocycles. The highest BCUT2D eigenvalue weighted by Gasteiger charge is 2.10. The van der Waals surface area contributed by atoms with Crippen LogP contribution in [-0.2, 0) is 6.54 Å². The third kappa shape index (κ3) is 4.78. The largest absolute Gasteiger partial charge is 0.497 e. The minimum absolute atomic E-state index is 0.156. The maximum absolute atomic E-state index is 5.88. The summed E-state index contributed by atoms with van der Waals surface area (Å²) in [7, 11) is 4.70. The Morgan fingerprint density at radius 3 is 2.11 bits per heavy atom. The molecule has 1 heterocycles. The summed E-state index contributed by atoms with van der Waals surface area (Å²) < 4.78 is 21.4. The molecule has 0 bridgehead atoms. The zero-order chi connectivity index (χ0) is 19.1. The van der Waals surface area contributed by atoms with Crippen LogP contribution in [0, 0.1) is 0 Å². The normalized spacial score (nSPS) is 10.2. The predicted octanol–water partition coefficient (Wildman–Crippen LogP) is 3.91. The van der Waals surface area contributed by atoms with Crippen LogP contribution in [0.25, 0.3) is 0 Å². The molecule has 0 aliphatic rings. The summed E-state index contributed by atoms with van der Waals surface area (Å²) in [5, 5.41) is 3.36. The molecule has 27 heavy (non-hydrogen) atoms. The van der Waals surface area contributed by atoms with Crippen molar-refractivity contribution in [3.63, 3.8) is 0 Å². The zero-order valence-electron chi connectivity index (χ0n) is 15.4. The quantitative estimate of drug-likeness (QED) is 0.647. The van der Waals surface area contributed by atoms with E-state index in [1.807, 2.05) is 48.5 Å². The van der Waals surface area contributed by atoms with Crippen molar-refractivity contribution >= 4 is 5.69 Å². The average Bonchev–Trinajstić information content (AvgIpc) is 2.73. The van der Waals surface area contributed by atoms with Crippen molar-refractivity contribution < 1.29 is 18.9 Å². The van der Waals surface area contributed by atoms with E-state index in [-0.39, 0.29) is 6.01 Å². The second-order valence-corrected chi connectivity index (χ2v) is 5.53. The number of aromatic nitrogens is 2. The van der Waals surface area contributed by atoms with Gasteiger partial charge in [-0.05, 0) is 30.3 Å². The highest BCUT2D eigenvalue weighted by molar-refractivity contribution is 5.48. The molecular formula is C20H21N3O4. The molecule has 0 spiro atoms. The number of methoxy groups -OCH3 is 3. The maximum atomic E-state index is 5.88. The monoisotopic (exact) mass is 367 g/mol. The van der Waals surface area contributed by atoms with Gasteiger partial charge in [0.25, 0.3) is 0 Å². The highest BCUT2D eigenvalue weighted by atomic mass is 16.5. The molecule has 1 aromatic heterocycles. The number of nitrogens with zero attached hydrogens (tertiary/aromatic N) is 2. The minimum Gasteiger partial charge on any atom is -0.497 e. The van der Waals surface area contributed by atoms with Gasteiger partial charge in [0.15, 0.2) is 0 Å². The summed E-state index contributed by atoms with van der Waals surface area (Å²) in [6, 6.07) is 17.1. The topological polar surface area (TPSA) is 74.7 Å². The zero-order valence-corrected chi connectivity index (χ0v) is 15.4. The molecule has 7 nitrogen and oxygen atoms in total. The fraction of sp³-hybridized carbons (Fsp3) is 0.200. The number of nitrogens with one attached hydrogen (secondary N) is 1. The molecule has 0 aliphatic heterocycles. The van der Waals surface area contributed by atoms with Gasteiger partial charge in [0.2, 0.25) is 11.8 Å². The van der Waals surface area contributed by atoms with Crippen LogP contribution in [0.3, 0.4) is 0 Å². The molecule has 0 aliphatic carbocycles. The Kier molecular flexibility index (Phi) is 5.94. The minimum atomic E-state index is 0.156. The van der Waals surface area contributed by atoms with Crippen molar-refractivity contribution in [2.24, 2.45) is 0 Å². The first kappa shape index (κ1) is 18.3. The van der Waals surface area contributed by atoms with Gasteiger partial charge in [-0.15, -0.1) is 0 Å². The average molecular weight is 367 g/mol. The van der Waals surface area contributed by atoms with Crippen LogP contribution in [-0.4, -0.2) is 31.3 Å². The number of hydrogen-bond donors (Lipinski definition) is 1. The van der Waals surface area contributed by atoms with E-state index >= 15 is 0 Å². The number of para-hydroxylation sites is 1. The van der Waals surface area contributed by atoms with Gasteiger partial charge in [0, 0.05) is 17.8 Å². The SMILES string of the molecule is COc1ccc(NCc2ccccc2Oc2nc(OC)cc(OC)n2)cc1. The lowest BCUT2D eigenvalue weighted by Gasteiger charge is -2.12. The van der Waals surface area contributed by atoms with Crippen LogP contribution < -0.4 is 24.3 Å². The van der Waals surface area contributed by atoms with Crippen molar-refractivity contribution in [2.75, 3.05) is 26.6 Å². The van der Waals surface area contributed by atoms with Crippen LogP contribution in [0.2, 0.25) is 0 Å². The Balaban J connectivity index is 1.75. The molecule has 0 atom stereocenters. The first-order chi connectivity index (χ1) is 13.2. The second kappa shape index (κ2) is 8.75. The Hall–Kier alpha value is -3.48. The third-order valence-corrected chi connectivity index (χ3v) is 3.82. The first-order valence-corrected chi connectivity index (χ1v) is 8.32. The number of benzene rings is 2. The highest BCUT2D eigenvalue weighted by Crippen LogP contribution is 2.27. The molecule has 2 aromatic carbocycles. The molecule has 0 radical (unpaired) electrons. The van der Waals surface area contributed by atoms with Crippen LogP contribution in [0.1, 0.15) is 5.56 Å². The summed E-state index contributed by atoms with van der Waals surface area (Å²) in [6.07, 6.45) is 0. The van der Waals surface area contributed by atoms with Gasteiger partial charge in [0.05, 0.1) is 27.4 Å². The van der Waals surface area contributed by atoms with Crippen molar-refractivity contribution in [3.05, 3.63) is 60.2 Å². The third-order valence-electron chi connectivity index (χ3n) is 3.82. The van der Waals surface area contributed by atoms with E-state index in [0.717, 1.165) is 17.0 Å². The van der Waals surface area contributed by atoms with Crippen LogP contribution in [0.15, 0.2) is 54.6 Å². The van der Waals surface area contributed by atoms with Crippen LogP contribution in [0.5, 0.6) is 29.3 Å². The van der Waals surface area contributed by atoms with Gasteiger partial charge in [-0.1, -0.05) is 18.2 Å². The predicted molar refractivity (Wildman–Crippen MR) is 102 cm³/mol. The molecule has 0 saturated heterocycles. The van der Waals surface area contributed by atoms with E-state index in [4.69, 9.17) is 18.9 Å². The van der Waals surface area contributed by atoms with Gasteiger partial charge in [-0.2, -0.15) is 9.97 Å². The van der Waals surface area contributed by atoms with Gasteiger partial charge < -0.3 is 24.3 Å². The summed E-state index contributed by atoms with van der Waals surface area (Å²) >= 11 is 0. The van der Waals surface area contributed by atoms with E-state index in [2.05, 4.69) is 15.3 Å². The first-order valence-electron chi connectivity index (χ1n) is 8.32. The van der Waals surface area contributed by atoms with E-state index in [0.29, 0.717) is 24.1 Å². The molecule has 3 rings (SSSR count). The Morgan fingerprint density at radius 1 is 0.815 bits per heavy atom. The van der Waals surface area contributed by atoms with Gasteiger partial charge in [0.1, 0.15) is 11.5 Å². The molecule has 0 amide bonds. The van der Waals surface area contributed by atoms with Crippen molar-refractivity contribution in [1.29, 1.82) is 0 Å². The van der Waals surface area contributed by atoms with Crippen LogP contribution >= 0.6 is 0 Å². The fourth-order valence-electron chi connectivity index (χ4n) is 2.39. The number of hydrogen-bond acceptors (Lipinski definition) is 7. The molecule has 0 unspecified atom stereocenters. The van der Waals surface area contributed by atoms with Crippen molar-refractivity contribution in [1.82, 2.24) is 9.97 Å². The maximum Gasteiger partial charge on any atom is 0.328 e. The summed E-state index contributed by atoms with van der Waals surface area (Å²) in [4.78, 5) is 8.41. The Morgan fingerprint density at radius 2 is 1.48 bits per heavy atom. The van der Waals surface area contributed by atoms with Crippen LogP contribution in [0.4, 0.5) is 5.69 Å². The summed E-state index contributed by atoms with van der Waals surface area (Å²) in [6.45, 7) is 0.573. The molecule has 0 fully saturated rings. The second-order valence-electron chi connectivity index (χ2n) is 5.53. The van der Waals surface area contributed by atoms with Crippen molar-refractivity contribution in [2.45, 2.75) is 6.54 Å². The smallest absolute Gasteiger partial charge is 0.328 e. The van der Waals surface area contributed by atoms with Gasteiger partial charge in [-0.3, -0.25) is 0 Å². The standard InChI is InChI=1S/C20H21N3O4/c1-24-16-10-8-15(9-11-16)21-13-14-6-4-5-7-17(14)27-20-22-18(25-2)12-19(23-20)26-3/h4-12,21H,13H2,1-3H3. The Bertz CT molecular complexity index is 862. The lowest BCUT2D eigenvalue weighted by Crippen LogP contribution is -2.03. The van der Waals surface area contributed by atoms with E-state index in [9.17, 15) is 0 Å². The molecule has 140 valence electrons. The number of ether oxygens (including phenoxy) is 4. The summed E-state index contributed by atoms with van der Waals surface area (Å²) in [5.41, 5.74) is 1.93. The molecule has 1 N–H and O–H groups in total. The number of rotatable bonds is 8. The lowest BCUT2D eigenvalue weighted by molar-refractivity contribution is 0.347. The Labute approximate surface area is 157 Å². The fourth-order valence-corrected chi connectivity index (χ4v) is 2.39. The van der Waals surface area contributed by atoms with E-state index in [1.54, 1.807) is 13.2 Å². The van der Waals surface area contributed by atoms with Gasteiger partial charge in [-0.25, -0.2) is 0 Å². The molecule has 3 aromatic rings. The van der Waals surface area contributed by atoms with Crippen molar-refractivity contribution in [3.8, 4) is 29.3 Å². The van der Waals surface area contributed by atoms with E-state index in [1.165, 1.54) is 14.2 Å². The summed E-state index contributed by atoms with van der Waals surface area (Å²) in [5.74, 6) is 2.19. The van der Waals surface area contributed by atoms with E-state index < -0.39 is 0 Å². The van der Waals surface area contributed by atoms with Gasteiger partial charge >= 0.3 is 6.01 Å². The molecule has 7 heteroatoms.